The Labute approximate surface area is 178 Å². The number of hydrogen-bond donors (Lipinski definition) is 3. The molecular formula is C24H31N3O3. The average Bonchev–Trinajstić information content (AvgIpc) is 2.78. The molecule has 6 heteroatoms. The Bertz CT molecular complexity index is 851. The molecule has 2 atom stereocenters. The summed E-state index contributed by atoms with van der Waals surface area (Å²) < 4.78 is 5.71. The van der Waals surface area contributed by atoms with Gasteiger partial charge in [-0.1, -0.05) is 30.3 Å². The highest BCUT2D eigenvalue weighted by atomic mass is 16.5. The Kier molecular flexibility index (Phi) is 7.00. The molecule has 0 aliphatic carbocycles. The average molecular weight is 410 g/mol. The van der Waals surface area contributed by atoms with Crippen molar-refractivity contribution in [3.63, 3.8) is 0 Å². The number of aliphatic hydroxyl groups is 1. The van der Waals surface area contributed by atoms with Gasteiger partial charge in [0.15, 0.2) is 0 Å². The van der Waals surface area contributed by atoms with E-state index >= 15 is 0 Å². The first-order chi connectivity index (χ1) is 14.7. The Morgan fingerprint density at radius 1 is 1.17 bits per heavy atom. The number of carbonyl (C=O) groups is 1. The third kappa shape index (κ3) is 5.59. The summed E-state index contributed by atoms with van der Waals surface area (Å²) in [4.78, 5) is 14.8. The van der Waals surface area contributed by atoms with Crippen molar-refractivity contribution in [1.29, 1.82) is 0 Å². The highest BCUT2D eigenvalue weighted by Crippen LogP contribution is 2.19. The van der Waals surface area contributed by atoms with Crippen molar-refractivity contribution >= 4 is 11.6 Å². The molecule has 0 saturated carbocycles. The molecule has 1 saturated heterocycles. The van der Waals surface area contributed by atoms with Crippen LogP contribution in [0.15, 0.2) is 48.5 Å². The van der Waals surface area contributed by atoms with Crippen LogP contribution < -0.4 is 10.6 Å². The van der Waals surface area contributed by atoms with E-state index in [9.17, 15) is 9.90 Å². The number of nitrogens with zero attached hydrogens (tertiary/aromatic N) is 1. The number of β-amino-alcohol motifs (C(OH)–C–C–N with tert-alkyl or cyclic N) is 1. The molecule has 1 amide bonds. The molecule has 3 N–H and O–H groups in total. The number of aliphatic hydroxyl groups excluding tert-OH is 1. The second-order valence-corrected chi connectivity index (χ2v) is 8.20. The van der Waals surface area contributed by atoms with Crippen LogP contribution in [0.3, 0.4) is 0 Å². The molecule has 4 rings (SSSR count). The zero-order valence-electron chi connectivity index (χ0n) is 17.3. The number of amides is 1. The summed E-state index contributed by atoms with van der Waals surface area (Å²) in [6, 6.07) is 15.9. The number of hydrogen-bond acceptors (Lipinski definition) is 5. The summed E-state index contributed by atoms with van der Waals surface area (Å²) in [5, 5.41) is 16.6. The summed E-state index contributed by atoms with van der Waals surface area (Å²) in [6.45, 7) is 3.34. The van der Waals surface area contributed by atoms with Crippen LogP contribution in [0.25, 0.3) is 0 Å². The lowest BCUT2D eigenvalue weighted by Crippen LogP contribution is -2.42. The molecule has 0 radical (unpaired) electrons. The third-order valence-electron chi connectivity index (χ3n) is 5.81. The Morgan fingerprint density at radius 2 is 2.03 bits per heavy atom. The van der Waals surface area contributed by atoms with E-state index in [4.69, 9.17) is 4.74 Å². The minimum absolute atomic E-state index is 0.00792. The predicted molar refractivity (Wildman–Crippen MR) is 117 cm³/mol. The first-order valence-corrected chi connectivity index (χ1v) is 10.9. The maximum absolute atomic E-state index is 12.6. The fourth-order valence-corrected chi connectivity index (χ4v) is 4.18. The first-order valence-electron chi connectivity index (χ1n) is 10.9. The van der Waals surface area contributed by atoms with Crippen LogP contribution in [0.1, 0.15) is 40.7 Å². The second kappa shape index (κ2) is 10.1. The molecule has 2 aromatic carbocycles. The van der Waals surface area contributed by atoms with Crippen LogP contribution in [0.4, 0.5) is 5.69 Å². The molecule has 2 heterocycles. The monoisotopic (exact) mass is 409 g/mol. The van der Waals surface area contributed by atoms with Crippen LogP contribution in [0.5, 0.6) is 0 Å². The van der Waals surface area contributed by atoms with E-state index in [1.807, 2.05) is 18.2 Å². The van der Waals surface area contributed by atoms with Crippen molar-refractivity contribution in [1.82, 2.24) is 10.2 Å². The van der Waals surface area contributed by atoms with Gasteiger partial charge in [0, 0.05) is 44.0 Å². The number of anilines is 1. The molecule has 2 unspecified atom stereocenters. The largest absolute Gasteiger partial charge is 0.390 e. The minimum atomic E-state index is -0.601. The lowest BCUT2D eigenvalue weighted by atomic mass is 10.00. The van der Waals surface area contributed by atoms with Crippen LogP contribution in [-0.4, -0.2) is 54.5 Å². The zero-order valence-corrected chi connectivity index (χ0v) is 17.3. The maximum atomic E-state index is 12.6. The molecule has 0 bridgehead atoms. The maximum Gasteiger partial charge on any atom is 0.251 e. The van der Waals surface area contributed by atoms with Gasteiger partial charge in [-0.15, -0.1) is 0 Å². The number of nitrogens with one attached hydrogen (secondary N) is 2. The molecule has 160 valence electrons. The van der Waals surface area contributed by atoms with E-state index in [-0.39, 0.29) is 18.7 Å². The van der Waals surface area contributed by atoms with Gasteiger partial charge in [-0.3, -0.25) is 9.69 Å². The van der Waals surface area contributed by atoms with E-state index < -0.39 is 6.10 Å². The van der Waals surface area contributed by atoms with E-state index in [1.54, 1.807) is 6.07 Å². The fraction of sp³-hybridized carbons (Fsp3) is 0.458. The van der Waals surface area contributed by atoms with Gasteiger partial charge in [-0.2, -0.15) is 0 Å². The Balaban J connectivity index is 1.24. The summed E-state index contributed by atoms with van der Waals surface area (Å²) >= 11 is 0. The Hall–Kier alpha value is -2.41. The summed E-state index contributed by atoms with van der Waals surface area (Å²) in [5.74, 6) is -0.175. The molecule has 6 nitrogen and oxygen atoms in total. The zero-order chi connectivity index (χ0) is 20.8. The minimum Gasteiger partial charge on any atom is -0.390 e. The van der Waals surface area contributed by atoms with Crippen molar-refractivity contribution in [2.24, 2.45) is 0 Å². The van der Waals surface area contributed by atoms with Crippen LogP contribution in [0, 0.1) is 0 Å². The standard InChI is InChI=1S/C24H31N3O3/c28-22(17-27-12-11-18-6-1-2-7-20(18)16-27)15-25-24(29)19-8-5-9-21(14-19)26-23-10-3-4-13-30-23/h1-2,5-9,14,22-23,26,28H,3-4,10-13,15-17H2,(H,25,29). The van der Waals surface area contributed by atoms with Gasteiger partial charge >= 0.3 is 0 Å². The summed E-state index contributed by atoms with van der Waals surface area (Å²) in [5.41, 5.74) is 4.17. The SMILES string of the molecule is O=C(NCC(O)CN1CCc2ccccc2C1)c1cccc(NC2CCCCO2)c1. The van der Waals surface area contributed by atoms with Crippen molar-refractivity contribution in [2.75, 3.05) is 31.6 Å². The lowest BCUT2D eigenvalue weighted by molar-refractivity contribution is 0.0343. The molecule has 0 spiro atoms. The van der Waals surface area contributed by atoms with Crippen LogP contribution in [-0.2, 0) is 17.7 Å². The topological polar surface area (TPSA) is 73.8 Å². The van der Waals surface area contributed by atoms with Gasteiger partial charge in [0.25, 0.3) is 5.91 Å². The predicted octanol–water partition coefficient (Wildman–Crippen LogP) is 2.77. The molecule has 1 fully saturated rings. The lowest BCUT2D eigenvalue weighted by Gasteiger charge is -2.30. The molecule has 2 aliphatic heterocycles. The summed E-state index contributed by atoms with van der Waals surface area (Å²) in [7, 11) is 0. The normalized spacial score (nSPS) is 20.2. The third-order valence-corrected chi connectivity index (χ3v) is 5.81. The van der Waals surface area contributed by atoms with Gasteiger partial charge in [0.1, 0.15) is 6.23 Å². The fourth-order valence-electron chi connectivity index (χ4n) is 4.18. The van der Waals surface area contributed by atoms with Gasteiger partial charge in [-0.25, -0.2) is 0 Å². The number of carbonyl (C=O) groups excluding carboxylic acids is 1. The van der Waals surface area contributed by atoms with Gasteiger partial charge in [0.05, 0.1) is 6.10 Å². The number of benzene rings is 2. The van der Waals surface area contributed by atoms with E-state index in [2.05, 4.69) is 39.8 Å². The van der Waals surface area contributed by atoms with Crippen molar-refractivity contribution in [3.05, 3.63) is 65.2 Å². The Morgan fingerprint density at radius 3 is 2.87 bits per heavy atom. The highest BCUT2D eigenvalue weighted by molar-refractivity contribution is 5.95. The molecule has 2 aromatic rings. The number of ether oxygens (including phenoxy) is 1. The van der Waals surface area contributed by atoms with Gasteiger partial charge < -0.3 is 20.5 Å². The van der Waals surface area contributed by atoms with Crippen molar-refractivity contribution < 1.29 is 14.6 Å². The molecular weight excluding hydrogens is 378 g/mol. The van der Waals surface area contributed by atoms with Crippen LogP contribution in [0.2, 0.25) is 0 Å². The molecule has 0 aromatic heterocycles. The smallest absolute Gasteiger partial charge is 0.251 e. The van der Waals surface area contributed by atoms with E-state index in [0.717, 1.165) is 51.1 Å². The second-order valence-electron chi connectivity index (χ2n) is 8.20. The van der Waals surface area contributed by atoms with Gasteiger partial charge in [0.2, 0.25) is 0 Å². The molecule has 30 heavy (non-hydrogen) atoms. The van der Waals surface area contributed by atoms with E-state index in [0.29, 0.717) is 12.1 Å². The van der Waals surface area contributed by atoms with Gasteiger partial charge in [-0.05, 0) is 55.0 Å². The quantitative estimate of drug-likeness (QED) is 0.656. The summed E-state index contributed by atoms with van der Waals surface area (Å²) in [6.07, 6.45) is 3.64. The highest BCUT2D eigenvalue weighted by Gasteiger charge is 2.19. The number of fused-ring (bicyclic) bond motifs is 1. The van der Waals surface area contributed by atoms with Crippen molar-refractivity contribution in [3.8, 4) is 0 Å². The van der Waals surface area contributed by atoms with Crippen molar-refractivity contribution in [2.45, 2.75) is 44.6 Å². The van der Waals surface area contributed by atoms with E-state index in [1.165, 1.54) is 11.1 Å². The van der Waals surface area contributed by atoms with Crippen LogP contribution >= 0.6 is 0 Å². The molecule has 2 aliphatic rings. The first kappa shape index (κ1) is 20.8. The number of rotatable bonds is 7.